The molecule has 0 saturated heterocycles. The van der Waals surface area contributed by atoms with Crippen molar-refractivity contribution in [1.29, 1.82) is 0 Å². The number of aromatic nitrogens is 3. The molecule has 0 bridgehead atoms. The number of thiazole rings is 1. The van der Waals surface area contributed by atoms with E-state index in [2.05, 4.69) is 20.5 Å². The minimum atomic E-state index is 0.818. The summed E-state index contributed by atoms with van der Waals surface area (Å²) in [4.78, 5) is 5.56. The lowest BCUT2D eigenvalue weighted by Gasteiger charge is -2.03. The van der Waals surface area contributed by atoms with Crippen LogP contribution in [0.25, 0.3) is 21.6 Å². The number of benzene rings is 2. The van der Waals surface area contributed by atoms with E-state index in [0.29, 0.717) is 0 Å². The molecule has 2 aromatic carbocycles. The number of anilines is 2. The van der Waals surface area contributed by atoms with Gasteiger partial charge in [-0.15, -0.1) is 0 Å². The molecule has 6 heteroatoms. The summed E-state index contributed by atoms with van der Waals surface area (Å²) in [6.07, 6.45) is 0. The first kappa shape index (κ1) is 13.8. The Labute approximate surface area is 137 Å². The number of H-pyrrole nitrogens is 1. The quantitative estimate of drug-likeness (QED) is 0.583. The third kappa shape index (κ3) is 2.64. The average molecular weight is 322 g/mol. The third-order valence-corrected chi connectivity index (χ3v) is 4.38. The molecule has 0 amide bonds. The number of hydrogen-bond acceptors (Lipinski definition) is 5. The molecule has 0 radical (unpaired) electrons. The monoisotopic (exact) mass is 322 g/mol. The van der Waals surface area contributed by atoms with Crippen LogP contribution in [-0.2, 0) is 0 Å². The maximum atomic E-state index is 5.16. The van der Waals surface area contributed by atoms with Crippen molar-refractivity contribution in [2.45, 2.75) is 0 Å². The molecule has 0 atom stereocenters. The van der Waals surface area contributed by atoms with Crippen molar-refractivity contribution in [1.82, 2.24) is 15.2 Å². The van der Waals surface area contributed by atoms with Crippen molar-refractivity contribution in [2.75, 3.05) is 12.4 Å². The van der Waals surface area contributed by atoms with Gasteiger partial charge in [-0.2, -0.15) is 5.10 Å². The predicted molar refractivity (Wildman–Crippen MR) is 93.5 cm³/mol. The molecule has 0 spiro atoms. The fourth-order valence-corrected chi connectivity index (χ4v) is 3.19. The Kier molecular flexibility index (Phi) is 3.44. The maximum absolute atomic E-state index is 5.16. The molecule has 0 unspecified atom stereocenters. The molecule has 0 aliphatic rings. The van der Waals surface area contributed by atoms with Gasteiger partial charge in [0.05, 0.1) is 12.8 Å². The number of rotatable bonds is 4. The van der Waals surface area contributed by atoms with Gasteiger partial charge in [0.15, 0.2) is 9.96 Å². The van der Waals surface area contributed by atoms with Gasteiger partial charge in [0.1, 0.15) is 11.3 Å². The highest BCUT2D eigenvalue weighted by atomic mass is 32.1. The molecule has 0 aliphatic heterocycles. The van der Waals surface area contributed by atoms with Crippen LogP contribution < -0.4 is 10.1 Å². The van der Waals surface area contributed by atoms with Gasteiger partial charge in [0.2, 0.25) is 0 Å². The Morgan fingerprint density at radius 3 is 2.57 bits per heavy atom. The smallest absolute Gasteiger partial charge is 0.189 e. The van der Waals surface area contributed by atoms with Crippen molar-refractivity contribution in [3.8, 4) is 17.0 Å². The van der Waals surface area contributed by atoms with Crippen LogP contribution in [0.2, 0.25) is 0 Å². The third-order valence-electron chi connectivity index (χ3n) is 3.52. The molecule has 2 N–H and O–H groups in total. The van der Waals surface area contributed by atoms with E-state index in [9.17, 15) is 0 Å². The normalized spacial score (nSPS) is 10.8. The van der Waals surface area contributed by atoms with Gasteiger partial charge in [-0.05, 0) is 24.3 Å². The molecule has 114 valence electrons. The van der Waals surface area contributed by atoms with Crippen LogP contribution in [0.3, 0.4) is 0 Å². The number of hydrogen-bond donors (Lipinski definition) is 2. The number of nitrogens with one attached hydrogen (secondary N) is 2. The Morgan fingerprint density at radius 2 is 1.83 bits per heavy atom. The SMILES string of the molecule is COc1ccc(Nc2nc3c(-c4ccccc4)[nH]nc3s2)cc1. The zero-order valence-corrected chi connectivity index (χ0v) is 13.2. The molecule has 4 rings (SSSR count). The molecule has 5 nitrogen and oxygen atoms in total. The zero-order valence-electron chi connectivity index (χ0n) is 12.4. The number of fused-ring (bicyclic) bond motifs is 1. The summed E-state index contributed by atoms with van der Waals surface area (Å²) >= 11 is 1.52. The van der Waals surface area contributed by atoms with Gasteiger partial charge in [-0.25, -0.2) is 4.98 Å². The highest BCUT2D eigenvalue weighted by molar-refractivity contribution is 7.21. The average Bonchev–Trinajstić information content (AvgIpc) is 3.16. The van der Waals surface area contributed by atoms with E-state index in [1.54, 1.807) is 7.11 Å². The van der Waals surface area contributed by atoms with E-state index in [0.717, 1.165) is 38.2 Å². The second-order valence-electron chi connectivity index (χ2n) is 4.99. The molecule has 0 fully saturated rings. The van der Waals surface area contributed by atoms with Crippen LogP contribution in [0.4, 0.5) is 10.8 Å². The highest BCUT2D eigenvalue weighted by Crippen LogP contribution is 2.33. The first-order valence-electron chi connectivity index (χ1n) is 7.15. The molecule has 0 aliphatic carbocycles. The lowest BCUT2D eigenvalue weighted by Crippen LogP contribution is -1.90. The van der Waals surface area contributed by atoms with Gasteiger partial charge in [0, 0.05) is 11.3 Å². The van der Waals surface area contributed by atoms with Crippen LogP contribution in [0.5, 0.6) is 5.75 Å². The summed E-state index contributed by atoms with van der Waals surface area (Å²) in [5.41, 5.74) is 3.88. The molecular formula is C17H14N4OS. The molecular weight excluding hydrogens is 308 g/mol. The van der Waals surface area contributed by atoms with Crippen LogP contribution in [-0.4, -0.2) is 22.3 Å². The lowest BCUT2D eigenvalue weighted by atomic mass is 10.1. The fraction of sp³-hybridized carbons (Fsp3) is 0.0588. The first-order valence-corrected chi connectivity index (χ1v) is 7.96. The summed E-state index contributed by atoms with van der Waals surface area (Å²) in [6.45, 7) is 0. The maximum Gasteiger partial charge on any atom is 0.189 e. The summed E-state index contributed by atoms with van der Waals surface area (Å²) in [5, 5.41) is 11.6. The molecule has 2 heterocycles. The van der Waals surface area contributed by atoms with E-state index in [1.807, 2.05) is 54.6 Å². The van der Waals surface area contributed by atoms with Gasteiger partial charge in [-0.1, -0.05) is 41.7 Å². The second kappa shape index (κ2) is 5.73. The van der Waals surface area contributed by atoms with Gasteiger partial charge in [0.25, 0.3) is 0 Å². The molecule has 0 saturated carbocycles. The summed E-state index contributed by atoms with van der Waals surface area (Å²) in [5.74, 6) is 0.830. The van der Waals surface area contributed by atoms with E-state index >= 15 is 0 Å². The van der Waals surface area contributed by atoms with E-state index < -0.39 is 0 Å². The number of ether oxygens (including phenoxy) is 1. The lowest BCUT2D eigenvalue weighted by molar-refractivity contribution is 0.415. The van der Waals surface area contributed by atoms with Gasteiger partial charge < -0.3 is 10.1 Å². The number of nitrogens with zero attached hydrogens (tertiary/aromatic N) is 2. The second-order valence-corrected chi connectivity index (χ2v) is 5.97. The minimum absolute atomic E-state index is 0.818. The Hall–Kier alpha value is -2.86. The van der Waals surface area contributed by atoms with Crippen molar-refractivity contribution in [2.24, 2.45) is 0 Å². The predicted octanol–water partition coefficient (Wildman–Crippen LogP) is 4.44. The van der Waals surface area contributed by atoms with Crippen LogP contribution >= 0.6 is 11.3 Å². The number of methoxy groups -OCH3 is 1. The fourth-order valence-electron chi connectivity index (χ4n) is 2.37. The van der Waals surface area contributed by atoms with E-state index in [1.165, 1.54) is 11.3 Å². The molecule has 2 aromatic heterocycles. The van der Waals surface area contributed by atoms with Crippen molar-refractivity contribution in [3.63, 3.8) is 0 Å². The van der Waals surface area contributed by atoms with E-state index in [-0.39, 0.29) is 0 Å². The Balaban J connectivity index is 1.65. The largest absolute Gasteiger partial charge is 0.497 e. The standard InChI is InChI=1S/C17H14N4OS/c1-22-13-9-7-12(8-10-13)18-17-19-15-14(20-21-16(15)23-17)11-5-3-2-4-6-11/h2-10H,1H3,(H,18,19)(H,20,21). The Morgan fingerprint density at radius 1 is 1.04 bits per heavy atom. The van der Waals surface area contributed by atoms with Gasteiger partial charge in [-0.3, -0.25) is 5.10 Å². The van der Waals surface area contributed by atoms with Crippen LogP contribution in [0, 0.1) is 0 Å². The zero-order chi connectivity index (χ0) is 15.6. The van der Waals surface area contributed by atoms with Crippen molar-refractivity contribution in [3.05, 3.63) is 54.6 Å². The topological polar surface area (TPSA) is 62.8 Å². The summed E-state index contributed by atoms with van der Waals surface area (Å²) < 4.78 is 5.16. The van der Waals surface area contributed by atoms with Crippen molar-refractivity contribution >= 4 is 32.5 Å². The first-order chi connectivity index (χ1) is 11.3. The van der Waals surface area contributed by atoms with E-state index in [4.69, 9.17) is 4.74 Å². The molecule has 23 heavy (non-hydrogen) atoms. The van der Waals surface area contributed by atoms with Gasteiger partial charge >= 0.3 is 0 Å². The van der Waals surface area contributed by atoms with Crippen LogP contribution in [0.1, 0.15) is 0 Å². The minimum Gasteiger partial charge on any atom is -0.497 e. The highest BCUT2D eigenvalue weighted by Gasteiger charge is 2.13. The summed E-state index contributed by atoms with van der Waals surface area (Å²) in [7, 11) is 1.66. The van der Waals surface area contributed by atoms with Crippen LogP contribution in [0.15, 0.2) is 54.6 Å². The molecule has 4 aromatic rings. The Bertz CT molecular complexity index is 928. The summed E-state index contributed by atoms with van der Waals surface area (Å²) in [6, 6.07) is 17.8. The van der Waals surface area contributed by atoms with Crippen molar-refractivity contribution < 1.29 is 4.74 Å². The number of aromatic amines is 1.